The molecule has 3 aliphatic heterocycles. The monoisotopic (exact) mass is 877 g/mol. The van der Waals surface area contributed by atoms with Gasteiger partial charge in [-0.15, -0.1) is 0 Å². The maximum Gasteiger partial charge on any atom is 0.0658 e. The summed E-state index contributed by atoms with van der Waals surface area (Å²) in [7, 11) is 0. The number of nitrogens with one attached hydrogen (secondary N) is 3. The van der Waals surface area contributed by atoms with Gasteiger partial charge < -0.3 is 0 Å². The highest BCUT2D eigenvalue weighted by atomic mass is 15.4. The summed E-state index contributed by atoms with van der Waals surface area (Å²) >= 11 is 0. The Balaban J connectivity index is 0.791. The fourth-order valence-corrected chi connectivity index (χ4v) is 20.6. The molecule has 14 atom stereocenters. The van der Waals surface area contributed by atoms with Crippen molar-refractivity contribution in [2.75, 3.05) is 0 Å². The topological polar surface area (TPSA) is 66.4 Å². The Morgan fingerprint density at radius 1 is 0.297 bits per heavy atom. The zero-order valence-electron chi connectivity index (χ0n) is 40.9. The largest absolute Gasteiger partial charge is 0.294 e. The average Bonchev–Trinajstić information content (AvgIpc) is 3.90. The smallest absolute Gasteiger partial charge is 0.0658 e. The molecule has 0 amide bonds. The molecule has 3 heterocycles. The number of fused-ring (bicyclic) bond motifs is 6. The van der Waals surface area contributed by atoms with Gasteiger partial charge in [0.25, 0.3) is 0 Å². The molecule has 0 aromatic carbocycles. The molecule has 0 spiro atoms. The van der Waals surface area contributed by atoms with Crippen LogP contribution in [0.25, 0.3) is 0 Å². The second-order valence-corrected chi connectivity index (χ2v) is 26.0. The summed E-state index contributed by atoms with van der Waals surface area (Å²) in [6.07, 6.45) is 53.3. The number of nitrogens with zero attached hydrogens (tertiary/aromatic N) is 3. The highest BCUT2D eigenvalue weighted by Gasteiger charge is 2.56. The van der Waals surface area contributed by atoms with Crippen molar-refractivity contribution in [1.82, 2.24) is 25.8 Å². The van der Waals surface area contributed by atoms with E-state index in [9.17, 15) is 5.26 Å². The van der Waals surface area contributed by atoms with Gasteiger partial charge in [-0.3, -0.25) is 25.8 Å². The summed E-state index contributed by atoms with van der Waals surface area (Å²) in [5.74, 6) is 9.34. The van der Waals surface area contributed by atoms with Crippen molar-refractivity contribution in [3.8, 4) is 6.07 Å². The molecular formula is C58H96N6. The first-order chi connectivity index (χ1) is 31.7. The first-order valence-corrected chi connectivity index (χ1v) is 29.9. The molecule has 12 fully saturated rings. The predicted molar refractivity (Wildman–Crippen MR) is 261 cm³/mol. The van der Waals surface area contributed by atoms with Crippen LogP contribution in [-0.2, 0) is 0 Å². The summed E-state index contributed by atoms with van der Waals surface area (Å²) < 4.78 is 0. The molecule has 9 saturated carbocycles. The van der Waals surface area contributed by atoms with Gasteiger partial charge in [-0.05, 0) is 206 Å². The number of hydrogen-bond acceptors (Lipinski definition) is 6. The average molecular weight is 877 g/mol. The van der Waals surface area contributed by atoms with Crippen LogP contribution in [0.4, 0.5) is 0 Å². The first-order valence-electron chi connectivity index (χ1n) is 29.9. The van der Waals surface area contributed by atoms with Crippen LogP contribution in [0.15, 0.2) is 0 Å². The molecule has 9 aliphatic carbocycles. The van der Waals surface area contributed by atoms with E-state index in [2.05, 4.69) is 31.8 Å². The lowest BCUT2D eigenvalue weighted by Gasteiger charge is -2.54. The van der Waals surface area contributed by atoms with Crippen molar-refractivity contribution in [3.05, 3.63) is 0 Å². The Morgan fingerprint density at radius 2 is 0.656 bits per heavy atom. The van der Waals surface area contributed by atoms with Crippen LogP contribution < -0.4 is 16.0 Å². The van der Waals surface area contributed by atoms with E-state index in [0.717, 1.165) is 95.9 Å². The van der Waals surface area contributed by atoms with Crippen LogP contribution in [0.5, 0.6) is 0 Å². The Labute approximate surface area is 392 Å². The van der Waals surface area contributed by atoms with E-state index in [1.165, 1.54) is 225 Å². The second-order valence-electron chi connectivity index (χ2n) is 26.0. The summed E-state index contributed by atoms with van der Waals surface area (Å²) in [6, 6.07) is 8.43. The van der Waals surface area contributed by atoms with Crippen LogP contribution in [-0.4, -0.2) is 64.5 Å². The first kappa shape index (κ1) is 44.5. The van der Waals surface area contributed by atoms with Gasteiger partial charge in [0.2, 0.25) is 0 Å². The molecule has 12 aliphatic rings. The van der Waals surface area contributed by atoms with E-state index in [-0.39, 0.29) is 5.92 Å². The summed E-state index contributed by atoms with van der Waals surface area (Å²) in [4.78, 5) is 6.50. The fraction of sp³-hybridized carbons (Fsp3) is 0.983. The predicted octanol–water partition coefficient (Wildman–Crippen LogP) is 12.7. The Hall–Kier alpha value is -0.710. The van der Waals surface area contributed by atoms with E-state index in [0.29, 0.717) is 30.3 Å². The lowest BCUT2D eigenvalue weighted by Crippen LogP contribution is -2.73. The van der Waals surface area contributed by atoms with Crippen LogP contribution in [0.1, 0.15) is 231 Å². The molecule has 6 heteroatoms. The van der Waals surface area contributed by atoms with Gasteiger partial charge in [-0.25, -0.2) is 0 Å². The Bertz CT molecular complexity index is 1480. The third-order valence-corrected chi connectivity index (χ3v) is 23.3. The molecule has 64 heavy (non-hydrogen) atoms. The molecule has 0 aromatic rings. The summed E-state index contributed by atoms with van der Waals surface area (Å²) in [5.41, 5.74) is 0. The van der Waals surface area contributed by atoms with E-state index in [1.54, 1.807) is 0 Å². The summed E-state index contributed by atoms with van der Waals surface area (Å²) in [5, 5.41) is 24.5. The lowest BCUT2D eigenvalue weighted by molar-refractivity contribution is -0.0297. The van der Waals surface area contributed by atoms with Crippen molar-refractivity contribution in [3.63, 3.8) is 0 Å². The molecule has 0 bridgehead atoms. The molecule has 6 nitrogen and oxygen atoms in total. The molecule has 3 N–H and O–H groups in total. The highest BCUT2D eigenvalue weighted by molar-refractivity contribution is 5.10. The van der Waals surface area contributed by atoms with Crippen molar-refractivity contribution in [1.29, 1.82) is 5.26 Å². The highest BCUT2D eigenvalue weighted by Crippen LogP contribution is 2.56. The molecule has 3 saturated heterocycles. The van der Waals surface area contributed by atoms with Gasteiger partial charge in [0.05, 0.1) is 24.6 Å². The van der Waals surface area contributed by atoms with Gasteiger partial charge in [0.15, 0.2) is 0 Å². The minimum Gasteiger partial charge on any atom is -0.294 e. The number of likely N-dealkylation sites (tertiary alicyclic amines) is 2. The van der Waals surface area contributed by atoms with E-state index < -0.39 is 0 Å². The van der Waals surface area contributed by atoms with Gasteiger partial charge >= 0.3 is 0 Å². The van der Waals surface area contributed by atoms with E-state index >= 15 is 0 Å². The Kier molecular flexibility index (Phi) is 13.9. The van der Waals surface area contributed by atoms with Gasteiger partial charge in [0.1, 0.15) is 0 Å². The molecule has 12 rings (SSSR count). The minimum atomic E-state index is 0.229. The zero-order valence-corrected chi connectivity index (χ0v) is 40.9. The van der Waals surface area contributed by atoms with Crippen molar-refractivity contribution in [2.24, 2.45) is 71.0 Å². The molecule has 358 valence electrons. The van der Waals surface area contributed by atoms with E-state index in [4.69, 9.17) is 0 Å². The van der Waals surface area contributed by atoms with E-state index in [1.807, 2.05) is 0 Å². The van der Waals surface area contributed by atoms with Gasteiger partial charge in [-0.1, -0.05) is 89.9 Å². The van der Waals surface area contributed by atoms with Crippen LogP contribution >= 0.6 is 0 Å². The van der Waals surface area contributed by atoms with Gasteiger partial charge in [0, 0.05) is 42.2 Å². The molecule has 0 radical (unpaired) electrons. The second kappa shape index (κ2) is 20.0. The van der Waals surface area contributed by atoms with Crippen LogP contribution in [0.3, 0.4) is 0 Å². The maximum atomic E-state index is 11.3. The third-order valence-electron chi connectivity index (χ3n) is 23.3. The zero-order chi connectivity index (χ0) is 42.6. The summed E-state index contributed by atoms with van der Waals surface area (Å²) in [6.45, 7) is 0. The standard InChI is InChI=1S/C58H96N6/c59-37-42-35-51(58-61-56(40-15-3-1-4-16-40)60-57(62-58)41-17-5-2-6-18-41)50(39-29-33-44(34-30-39)64-54-25-13-9-21-47(54)48-22-10-14-26-55(48)64)36-49(42)38-27-31-43(32-28-38)63-52-23-11-7-19-45(52)46-20-8-12-24-53(46)63/h38-58,60-62H,1-36H2. The number of rotatable bonds is 7. The van der Waals surface area contributed by atoms with Crippen molar-refractivity contribution in [2.45, 2.75) is 286 Å². The van der Waals surface area contributed by atoms with Crippen molar-refractivity contribution >= 4 is 0 Å². The van der Waals surface area contributed by atoms with Gasteiger partial charge in [-0.2, -0.15) is 5.26 Å². The SMILES string of the molecule is N#CC1CC(C2NC(C3CCCCC3)NC(C3CCCCC3)N2)C(C2CCC(N3C4CCCCC4C4CCCCC43)CC2)CC1C1CCC(N2C3CCCCC3C3CCCCC32)CC1. The number of nitriles is 1. The molecule has 0 aromatic heterocycles. The van der Waals surface area contributed by atoms with Crippen LogP contribution in [0, 0.1) is 82.3 Å². The number of hydrogen-bond donors (Lipinski definition) is 3. The maximum absolute atomic E-state index is 11.3. The minimum absolute atomic E-state index is 0.229. The normalized spacial score (nSPS) is 50.1. The lowest BCUT2D eigenvalue weighted by atomic mass is 9.57. The molecular weight excluding hydrogens is 781 g/mol. The van der Waals surface area contributed by atoms with Crippen LogP contribution in [0.2, 0.25) is 0 Å². The quantitative estimate of drug-likeness (QED) is 0.237. The Morgan fingerprint density at radius 3 is 1.06 bits per heavy atom. The van der Waals surface area contributed by atoms with Crippen molar-refractivity contribution < 1.29 is 0 Å². The fourth-order valence-electron chi connectivity index (χ4n) is 20.6. The molecule has 14 unspecified atom stereocenters. The third kappa shape index (κ3) is 8.56.